The Hall–Kier alpha value is -1.01. The number of aliphatic hydroxyl groups excluding tert-OH is 1. The molecule has 1 amide bonds. The molecule has 0 radical (unpaired) electrons. The lowest BCUT2D eigenvalue weighted by atomic mass is 9.61. The number of aliphatic hydroxyl groups is 1. The van der Waals surface area contributed by atoms with Gasteiger partial charge >= 0.3 is 0 Å². The Morgan fingerprint density at radius 1 is 1.42 bits per heavy atom. The third-order valence-corrected chi connectivity index (χ3v) is 3.82. The summed E-state index contributed by atoms with van der Waals surface area (Å²) in [5, 5.41) is 11.2. The van der Waals surface area contributed by atoms with Crippen LogP contribution < -0.4 is 5.32 Å². The number of benzene rings is 1. The molecule has 0 aromatic heterocycles. The van der Waals surface area contributed by atoms with Crippen molar-refractivity contribution in [2.45, 2.75) is 24.2 Å². The highest BCUT2D eigenvalue weighted by Gasteiger charge is 2.61. The fourth-order valence-electron chi connectivity index (χ4n) is 2.45. The van der Waals surface area contributed by atoms with Gasteiger partial charge in [-0.1, -0.05) is 28.1 Å². The van der Waals surface area contributed by atoms with Gasteiger partial charge in [-0.3, -0.25) is 4.79 Å². The minimum absolute atomic E-state index is 0.0696. The number of carbonyl (C=O) groups excluding carboxylic acids is 1. The molecule has 1 aromatic rings. The van der Waals surface area contributed by atoms with Crippen molar-refractivity contribution < 1.29 is 18.7 Å². The molecule has 0 saturated heterocycles. The molecule has 2 rings (SSSR count). The second-order valence-electron chi connectivity index (χ2n) is 4.78. The first-order valence-corrected chi connectivity index (χ1v) is 6.72. The molecule has 0 atom stereocenters. The van der Waals surface area contributed by atoms with E-state index in [-0.39, 0.29) is 13.2 Å². The van der Waals surface area contributed by atoms with Crippen LogP contribution in [0.3, 0.4) is 0 Å². The van der Waals surface area contributed by atoms with Crippen molar-refractivity contribution in [3.8, 4) is 0 Å². The Labute approximate surface area is 118 Å². The fourth-order valence-corrected chi connectivity index (χ4v) is 2.85. The first kappa shape index (κ1) is 14.4. The number of carbonyl (C=O) groups is 1. The van der Waals surface area contributed by atoms with Crippen molar-refractivity contribution >= 4 is 21.8 Å². The van der Waals surface area contributed by atoms with Gasteiger partial charge in [-0.2, -0.15) is 0 Å². The minimum Gasteiger partial charge on any atom is -0.395 e. The van der Waals surface area contributed by atoms with Crippen LogP contribution in [-0.4, -0.2) is 30.1 Å². The molecule has 104 valence electrons. The molecule has 6 heteroatoms. The molecule has 1 aromatic carbocycles. The monoisotopic (exact) mass is 333 g/mol. The van der Waals surface area contributed by atoms with E-state index in [4.69, 9.17) is 5.11 Å². The zero-order valence-electron chi connectivity index (χ0n) is 10.1. The van der Waals surface area contributed by atoms with Crippen molar-refractivity contribution in [3.63, 3.8) is 0 Å². The molecule has 0 spiro atoms. The summed E-state index contributed by atoms with van der Waals surface area (Å²) in [6, 6.07) is 6.86. The lowest BCUT2D eigenvalue weighted by Crippen LogP contribution is -2.58. The van der Waals surface area contributed by atoms with Crippen LogP contribution in [0, 0.1) is 0 Å². The number of nitrogens with one attached hydrogen (secondary N) is 1. The maximum atomic E-state index is 13.3. The zero-order chi connectivity index (χ0) is 14.1. The van der Waals surface area contributed by atoms with Crippen LogP contribution in [0.15, 0.2) is 28.7 Å². The van der Waals surface area contributed by atoms with E-state index in [1.54, 1.807) is 24.3 Å². The topological polar surface area (TPSA) is 49.3 Å². The molecule has 1 aliphatic rings. The molecule has 19 heavy (non-hydrogen) atoms. The Bertz CT molecular complexity index is 485. The summed E-state index contributed by atoms with van der Waals surface area (Å²) in [6.45, 7) is -0.142. The quantitative estimate of drug-likeness (QED) is 0.887. The SMILES string of the molecule is O=C(NCCO)C1(c2cccc(Br)c2)CC(F)(F)C1. The molecule has 0 unspecified atom stereocenters. The number of halogens is 3. The third kappa shape index (κ3) is 2.79. The van der Waals surface area contributed by atoms with Crippen LogP contribution in [0.2, 0.25) is 0 Å². The molecule has 0 bridgehead atoms. The maximum Gasteiger partial charge on any atom is 0.250 e. The van der Waals surface area contributed by atoms with E-state index in [1.165, 1.54) is 0 Å². The molecule has 0 aliphatic heterocycles. The summed E-state index contributed by atoms with van der Waals surface area (Å²) >= 11 is 3.28. The smallest absolute Gasteiger partial charge is 0.250 e. The van der Waals surface area contributed by atoms with Gasteiger partial charge in [0.25, 0.3) is 5.92 Å². The second kappa shape index (κ2) is 5.17. The van der Waals surface area contributed by atoms with Gasteiger partial charge in [0.1, 0.15) is 0 Å². The van der Waals surface area contributed by atoms with Gasteiger partial charge in [0.2, 0.25) is 5.91 Å². The van der Waals surface area contributed by atoms with Gasteiger partial charge in [0.15, 0.2) is 0 Å². The van der Waals surface area contributed by atoms with Crippen LogP contribution in [-0.2, 0) is 10.2 Å². The van der Waals surface area contributed by atoms with Crippen molar-refractivity contribution in [3.05, 3.63) is 34.3 Å². The number of rotatable bonds is 4. The Morgan fingerprint density at radius 2 is 2.11 bits per heavy atom. The Balaban J connectivity index is 2.29. The van der Waals surface area contributed by atoms with Crippen molar-refractivity contribution in [1.29, 1.82) is 0 Å². The van der Waals surface area contributed by atoms with Gasteiger partial charge in [-0.25, -0.2) is 8.78 Å². The molecule has 0 heterocycles. The van der Waals surface area contributed by atoms with Gasteiger partial charge in [-0.05, 0) is 17.7 Å². The lowest BCUT2D eigenvalue weighted by molar-refractivity contribution is -0.159. The summed E-state index contributed by atoms with van der Waals surface area (Å²) in [6.07, 6.45) is -0.985. The highest BCUT2D eigenvalue weighted by atomic mass is 79.9. The van der Waals surface area contributed by atoms with Crippen LogP contribution in [0.25, 0.3) is 0 Å². The number of alkyl halides is 2. The molecule has 1 fully saturated rings. The first-order chi connectivity index (χ1) is 8.89. The molecule has 1 aliphatic carbocycles. The molecular weight excluding hydrogens is 320 g/mol. The molecule has 3 nitrogen and oxygen atoms in total. The van der Waals surface area contributed by atoms with Crippen molar-refractivity contribution in [1.82, 2.24) is 5.32 Å². The van der Waals surface area contributed by atoms with Gasteiger partial charge in [0, 0.05) is 23.9 Å². The Kier molecular flexibility index (Phi) is 3.92. The zero-order valence-corrected chi connectivity index (χ0v) is 11.7. The molecular formula is C13H14BrF2NO2. The predicted molar refractivity (Wildman–Crippen MR) is 70.1 cm³/mol. The van der Waals surface area contributed by atoms with Crippen molar-refractivity contribution in [2.75, 3.05) is 13.2 Å². The average molecular weight is 334 g/mol. The summed E-state index contributed by atoms with van der Waals surface area (Å²) in [5.74, 6) is -3.26. The van der Waals surface area contributed by atoms with Gasteiger partial charge in [-0.15, -0.1) is 0 Å². The van der Waals surface area contributed by atoms with E-state index in [0.29, 0.717) is 5.56 Å². The molecule has 1 saturated carbocycles. The van der Waals surface area contributed by atoms with E-state index < -0.39 is 30.1 Å². The lowest BCUT2D eigenvalue weighted by Gasteiger charge is -2.46. The van der Waals surface area contributed by atoms with E-state index in [1.807, 2.05) is 0 Å². The summed E-state index contributed by atoms with van der Waals surface area (Å²) in [7, 11) is 0. The highest BCUT2D eigenvalue weighted by molar-refractivity contribution is 9.10. The van der Waals surface area contributed by atoms with E-state index in [9.17, 15) is 13.6 Å². The maximum absolute atomic E-state index is 13.3. The summed E-state index contributed by atoms with van der Waals surface area (Å²) in [4.78, 5) is 12.1. The van der Waals surface area contributed by atoms with Crippen LogP contribution in [0.5, 0.6) is 0 Å². The third-order valence-electron chi connectivity index (χ3n) is 3.33. The Morgan fingerprint density at radius 3 is 2.63 bits per heavy atom. The first-order valence-electron chi connectivity index (χ1n) is 5.93. The second-order valence-corrected chi connectivity index (χ2v) is 5.70. The van der Waals surface area contributed by atoms with Gasteiger partial charge < -0.3 is 10.4 Å². The normalized spacial score (nSPS) is 19.6. The van der Waals surface area contributed by atoms with Crippen LogP contribution >= 0.6 is 15.9 Å². The van der Waals surface area contributed by atoms with Crippen LogP contribution in [0.4, 0.5) is 8.78 Å². The summed E-state index contributed by atoms with van der Waals surface area (Å²) in [5.41, 5.74) is -0.620. The number of hydrogen-bond donors (Lipinski definition) is 2. The van der Waals surface area contributed by atoms with Crippen molar-refractivity contribution in [2.24, 2.45) is 0 Å². The summed E-state index contributed by atoms with van der Waals surface area (Å²) < 4.78 is 27.3. The number of hydrogen-bond acceptors (Lipinski definition) is 2. The van der Waals surface area contributed by atoms with E-state index >= 15 is 0 Å². The van der Waals surface area contributed by atoms with E-state index in [0.717, 1.165) is 4.47 Å². The van der Waals surface area contributed by atoms with Crippen LogP contribution in [0.1, 0.15) is 18.4 Å². The average Bonchev–Trinajstić information content (AvgIpc) is 2.32. The standard InChI is InChI=1S/C13H14BrF2NO2/c14-10-3-1-2-9(6-10)12(7-13(15,16)8-12)11(19)17-4-5-18/h1-3,6,18H,4-5,7-8H2,(H,17,19). The van der Waals surface area contributed by atoms with E-state index in [2.05, 4.69) is 21.2 Å². The number of amides is 1. The fraction of sp³-hybridized carbons (Fsp3) is 0.462. The largest absolute Gasteiger partial charge is 0.395 e. The van der Waals surface area contributed by atoms with Gasteiger partial charge in [0.05, 0.1) is 12.0 Å². The predicted octanol–water partition coefficient (Wildman–Crippen LogP) is 2.22. The molecule has 2 N–H and O–H groups in total. The highest BCUT2D eigenvalue weighted by Crippen LogP contribution is 2.53. The minimum atomic E-state index is -2.81.